The van der Waals surface area contributed by atoms with E-state index in [2.05, 4.69) is 38.1 Å². The second kappa shape index (κ2) is 7.25. The van der Waals surface area contributed by atoms with Gasteiger partial charge in [0, 0.05) is 11.5 Å². The van der Waals surface area contributed by atoms with Crippen LogP contribution in [0.4, 0.5) is 0 Å². The molecule has 1 amide bonds. The lowest BCUT2D eigenvalue weighted by atomic mass is 9.81. The number of benzene rings is 2. The lowest BCUT2D eigenvalue weighted by molar-refractivity contribution is -0.124. The van der Waals surface area contributed by atoms with Gasteiger partial charge in [0.25, 0.3) is 0 Å². The molecule has 150 valence electrons. The van der Waals surface area contributed by atoms with Crippen LogP contribution < -0.4 is 5.73 Å². The molecule has 0 radical (unpaired) electrons. The Bertz CT molecular complexity index is 854. The standard InChI is InChI=1S/C24H32N2O2/c1-16-11-18(12-17(2)21(16)27)13-20(26(4)5)14-24(22(25)28)15-23(24,3)19-9-7-6-8-10-19/h6-12,20,27H,13-15H2,1-5H3,(H2,25,28)/t20-,23?,24?/m0/s1. The molecular weight excluding hydrogens is 348 g/mol. The van der Waals surface area contributed by atoms with Crippen LogP contribution in [0.3, 0.4) is 0 Å². The maximum absolute atomic E-state index is 12.6. The normalized spacial score (nSPS) is 24.9. The summed E-state index contributed by atoms with van der Waals surface area (Å²) in [5.41, 5.74) is 9.36. The van der Waals surface area contributed by atoms with Crippen molar-refractivity contribution < 1.29 is 9.90 Å². The minimum absolute atomic E-state index is 0.182. The number of likely N-dealkylation sites (N-methyl/N-ethyl adjacent to an activating group) is 1. The van der Waals surface area contributed by atoms with Gasteiger partial charge in [0.15, 0.2) is 0 Å². The number of carbonyl (C=O) groups is 1. The van der Waals surface area contributed by atoms with E-state index in [1.165, 1.54) is 11.1 Å². The van der Waals surface area contributed by atoms with Crippen molar-refractivity contribution in [1.29, 1.82) is 0 Å². The van der Waals surface area contributed by atoms with Gasteiger partial charge in [-0.05, 0) is 69.5 Å². The third-order valence-electron chi connectivity index (χ3n) is 6.81. The molecule has 3 rings (SSSR count). The quantitative estimate of drug-likeness (QED) is 0.770. The highest BCUT2D eigenvalue weighted by atomic mass is 16.3. The molecule has 0 aliphatic heterocycles. The van der Waals surface area contributed by atoms with Gasteiger partial charge in [-0.1, -0.05) is 49.4 Å². The molecular formula is C24H32N2O2. The summed E-state index contributed by atoms with van der Waals surface area (Å²) in [5, 5.41) is 10.1. The minimum Gasteiger partial charge on any atom is -0.507 e. The van der Waals surface area contributed by atoms with Gasteiger partial charge >= 0.3 is 0 Å². The van der Waals surface area contributed by atoms with E-state index in [1.54, 1.807) is 0 Å². The molecule has 3 atom stereocenters. The number of primary amides is 1. The highest BCUT2D eigenvalue weighted by Gasteiger charge is 2.69. The van der Waals surface area contributed by atoms with Crippen LogP contribution in [0.1, 0.15) is 42.0 Å². The minimum atomic E-state index is -0.524. The lowest BCUT2D eigenvalue weighted by Crippen LogP contribution is -2.40. The number of carbonyl (C=O) groups excluding carboxylic acids is 1. The molecule has 0 saturated heterocycles. The third kappa shape index (κ3) is 3.42. The van der Waals surface area contributed by atoms with E-state index in [0.29, 0.717) is 5.75 Å². The fourth-order valence-electron chi connectivity index (χ4n) is 4.78. The number of nitrogens with zero attached hydrogens (tertiary/aromatic N) is 1. The van der Waals surface area contributed by atoms with Crippen molar-refractivity contribution in [3.8, 4) is 5.75 Å². The Labute approximate surface area is 168 Å². The monoisotopic (exact) mass is 380 g/mol. The molecule has 0 spiro atoms. The Morgan fingerprint density at radius 2 is 1.75 bits per heavy atom. The summed E-state index contributed by atoms with van der Waals surface area (Å²) < 4.78 is 0. The molecule has 0 heterocycles. The zero-order valence-corrected chi connectivity index (χ0v) is 17.6. The predicted molar refractivity (Wildman–Crippen MR) is 113 cm³/mol. The SMILES string of the molecule is Cc1cc(C[C@@H](CC2(C(N)=O)CC2(C)c2ccccc2)N(C)C)cc(C)c1O. The fraction of sp³-hybridized carbons (Fsp3) is 0.458. The number of phenolic OH excluding ortho intramolecular Hbond substituents is 1. The number of phenols is 1. The number of aromatic hydroxyl groups is 1. The highest BCUT2D eigenvalue weighted by Crippen LogP contribution is 2.67. The van der Waals surface area contributed by atoms with Gasteiger partial charge in [0.2, 0.25) is 5.91 Å². The molecule has 1 saturated carbocycles. The maximum atomic E-state index is 12.6. The van der Waals surface area contributed by atoms with Crippen molar-refractivity contribution in [3.63, 3.8) is 0 Å². The number of amides is 1. The van der Waals surface area contributed by atoms with Crippen molar-refractivity contribution in [2.45, 2.75) is 51.5 Å². The zero-order valence-electron chi connectivity index (χ0n) is 17.6. The van der Waals surface area contributed by atoms with Crippen LogP contribution >= 0.6 is 0 Å². The first-order chi connectivity index (χ1) is 13.1. The first-order valence-corrected chi connectivity index (χ1v) is 9.92. The van der Waals surface area contributed by atoms with Crippen LogP contribution in [-0.2, 0) is 16.6 Å². The Hall–Kier alpha value is -2.33. The molecule has 0 aromatic heterocycles. The van der Waals surface area contributed by atoms with Gasteiger partial charge in [-0.2, -0.15) is 0 Å². The van der Waals surface area contributed by atoms with E-state index < -0.39 is 5.41 Å². The van der Waals surface area contributed by atoms with Crippen LogP contribution in [0.2, 0.25) is 0 Å². The highest BCUT2D eigenvalue weighted by molar-refractivity contribution is 5.87. The lowest BCUT2D eigenvalue weighted by Gasteiger charge is -2.30. The molecule has 4 heteroatoms. The number of rotatable bonds is 7. The molecule has 1 aliphatic carbocycles. The molecule has 1 aliphatic rings. The van der Waals surface area contributed by atoms with E-state index in [-0.39, 0.29) is 17.4 Å². The van der Waals surface area contributed by atoms with E-state index >= 15 is 0 Å². The van der Waals surface area contributed by atoms with Crippen LogP contribution in [-0.4, -0.2) is 36.1 Å². The average molecular weight is 381 g/mol. The van der Waals surface area contributed by atoms with Gasteiger partial charge in [-0.15, -0.1) is 0 Å². The Morgan fingerprint density at radius 3 is 2.25 bits per heavy atom. The van der Waals surface area contributed by atoms with Gasteiger partial charge in [-0.25, -0.2) is 0 Å². The second-order valence-corrected chi connectivity index (χ2v) is 8.93. The van der Waals surface area contributed by atoms with Gasteiger partial charge in [0.05, 0.1) is 5.41 Å². The molecule has 2 aromatic rings. The van der Waals surface area contributed by atoms with E-state index in [0.717, 1.165) is 30.4 Å². The molecule has 2 unspecified atom stereocenters. The van der Waals surface area contributed by atoms with Crippen molar-refractivity contribution in [2.75, 3.05) is 14.1 Å². The van der Waals surface area contributed by atoms with Crippen LogP contribution in [0.15, 0.2) is 42.5 Å². The Balaban J connectivity index is 1.88. The van der Waals surface area contributed by atoms with Crippen LogP contribution in [0.25, 0.3) is 0 Å². The number of hydrogen-bond acceptors (Lipinski definition) is 3. The maximum Gasteiger partial charge on any atom is 0.224 e. The summed E-state index contributed by atoms with van der Waals surface area (Å²) in [4.78, 5) is 14.8. The predicted octanol–water partition coefficient (Wildman–Crippen LogP) is 3.71. The molecule has 0 bridgehead atoms. The van der Waals surface area contributed by atoms with Crippen molar-refractivity contribution >= 4 is 5.91 Å². The average Bonchev–Trinajstić information content (AvgIpc) is 3.27. The summed E-state index contributed by atoms with van der Waals surface area (Å²) in [6.45, 7) is 6.01. The third-order valence-corrected chi connectivity index (χ3v) is 6.81. The first-order valence-electron chi connectivity index (χ1n) is 9.92. The van der Waals surface area contributed by atoms with Crippen molar-refractivity contribution in [3.05, 3.63) is 64.7 Å². The fourth-order valence-corrected chi connectivity index (χ4v) is 4.78. The Kier molecular flexibility index (Phi) is 5.28. The van der Waals surface area contributed by atoms with Crippen molar-refractivity contribution in [2.24, 2.45) is 11.1 Å². The number of aryl methyl sites for hydroxylation is 2. The van der Waals surface area contributed by atoms with E-state index in [9.17, 15) is 9.90 Å². The first kappa shape index (κ1) is 20.4. The molecule has 4 nitrogen and oxygen atoms in total. The van der Waals surface area contributed by atoms with Crippen LogP contribution in [0.5, 0.6) is 5.75 Å². The van der Waals surface area contributed by atoms with E-state index in [1.807, 2.05) is 44.2 Å². The molecule has 3 N–H and O–H groups in total. The van der Waals surface area contributed by atoms with Gasteiger partial charge in [0.1, 0.15) is 5.75 Å². The summed E-state index contributed by atoms with van der Waals surface area (Å²) >= 11 is 0. The molecule has 2 aromatic carbocycles. The Morgan fingerprint density at radius 1 is 1.18 bits per heavy atom. The second-order valence-electron chi connectivity index (χ2n) is 8.93. The van der Waals surface area contributed by atoms with Crippen molar-refractivity contribution in [1.82, 2.24) is 4.90 Å². The van der Waals surface area contributed by atoms with Gasteiger partial charge < -0.3 is 15.7 Å². The smallest absolute Gasteiger partial charge is 0.224 e. The number of hydrogen-bond donors (Lipinski definition) is 2. The molecule has 1 fully saturated rings. The van der Waals surface area contributed by atoms with Crippen LogP contribution in [0, 0.1) is 19.3 Å². The zero-order chi connectivity index (χ0) is 20.7. The largest absolute Gasteiger partial charge is 0.507 e. The molecule has 28 heavy (non-hydrogen) atoms. The summed E-state index contributed by atoms with van der Waals surface area (Å²) in [7, 11) is 4.11. The van der Waals surface area contributed by atoms with E-state index in [4.69, 9.17) is 5.73 Å². The summed E-state index contributed by atoms with van der Waals surface area (Å²) in [5.74, 6) is 0.154. The number of nitrogens with two attached hydrogens (primary N) is 1. The summed E-state index contributed by atoms with van der Waals surface area (Å²) in [6.07, 6.45) is 2.33. The van der Waals surface area contributed by atoms with Gasteiger partial charge in [-0.3, -0.25) is 4.79 Å². The topological polar surface area (TPSA) is 66.6 Å². The summed E-state index contributed by atoms with van der Waals surface area (Å²) in [6, 6.07) is 14.5.